The van der Waals surface area contributed by atoms with Gasteiger partial charge in [-0.2, -0.15) is 0 Å². The van der Waals surface area contributed by atoms with Crippen LogP contribution in [0.3, 0.4) is 0 Å². The number of aromatic nitrogens is 4. The molecule has 0 saturated heterocycles. The zero-order valence-corrected chi connectivity index (χ0v) is 19.9. The summed E-state index contributed by atoms with van der Waals surface area (Å²) in [6.45, 7) is 6.69. The fourth-order valence-corrected chi connectivity index (χ4v) is 7.74. The molecule has 0 radical (unpaired) electrons. The number of fused-ring (bicyclic) bond motifs is 10. The van der Waals surface area contributed by atoms with Gasteiger partial charge in [0.2, 0.25) is 0 Å². The van der Waals surface area contributed by atoms with Crippen LogP contribution in [-0.4, -0.2) is 32.1 Å². The summed E-state index contributed by atoms with van der Waals surface area (Å²) in [5.41, 5.74) is 7.83. The Morgan fingerprint density at radius 3 is 1.72 bits per heavy atom. The average molecular weight is 486 g/mol. The fraction of sp³-hybridized carbons (Fsp3) is 0.364. The van der Waals surface area contributed by atoms with Crippen LogP contribution in [0.2, 0.25) is 0 Å². The second-order valence-electron chi connectivity index (χ2n) is 7.69. The number of aryl methyl sites for hydroxylation is 2. The van der Waals surface area contributed by atoms with Gasteiger partial charge in [-0.25, -0.2) is 0 Å². The number of hydrogen-bond donors (Lipinski definition) is 0. The average Bonchev–Trinajstić information content (AvgIpc) is 3.51. The molecule has 148 valence electrons. The van der Waals surface area contributed by atoms with Crippen molar-refractivity contribution >= 4 is 90.9 Å². The second kappa shape index (κ2) is 6.95. The van der Waals surface area contributed by atoms with Gasteiger partial charge in [0.05, 0.1) is 0 Å². The van der Waals surface area contributed by atoms with E-state index < -0.39 is 0 Å². The first kappa shape index (κ1) is 18.1. The van der Waals surface area contributed by atoms with Crippen molar-refractivity contribution in [3.8, 4) is 0 Å². The minimum absolute atomic E-state index is 0.0340. The third kappa shape index (κ3) is 2.42. The Kier molecular flexibility index (Phi) is 4.34. The first-order valence-corrected chi connectivity index (χ1v) is 13.7. The van der Waals surface area contributed by atoms with Crippen molar-refractivity contribution in [2.45, 2.75) is 52.6 Å². The topological polar surface area (TPSA) is 35.6 Å². The molecule has 0 fully saturated rings. The Hall–Kier alpha value is -1.66. The van der Waals surface area contributed by atoms with E-state index in [0.717, 1.165) is 24.1 Å². The van der Waals surface area contributed by atoms with Crippen molar-refractivity contribution in [2.75, 3.05) is 0 Å². The molecule has 0 unspecified atom stereocenters. The molecule has 0 aliphatic heterocycles. The molecule has 29 heavy (non-hydrogen) atoms. The predicted molar refractivity (Wildman–Crippen MR) is 128 cm³/mol. The van der Waals surface area contributed by atoms with Gasteiger partial charge in [-0.05, 0) is 0 Å². The number of benzene rings is 1. The van der Waals surface area contributed by atoms with Crippen molar-refractivity contribution in [1.29, 1.82) is 0 Å². The summed E-state index contributed by atoms with van der Waals surface area (Å²) in [4.78, 5) is 0. The van der Waals surface area contributed by atoms with Gasteiger partial charge in [0.15, 0.2) is 0 Å². The number of hydrogen-bond acceptors (Lipinski definition) is 4. The molecule has 0 atom stereocenters. The van der Waals surface area contributed by atoms with Crippen LogP contribution in [0, 0.1) is 0 Å². The molecule has 0 amide bonds. The molecule has 0 aliphatic rings. The zero-order chi connectivity index (χ0) is 19.5. The molecule has 4 nitrogen and oxygen atoms in total. The fourth-order valence-electron chi connectivity index (χ4n) is 4.68. The Morgan fingerprint density at radius 1 is 0.793 bits per heavy atom. The molecule has 0 N–H and O–H groups in total. The van der Waals surface area contributed by atoms with Gasteiger partial charge in [-0.1, -0.05) is 0 Å². The maximum atomic E-state index is 4.95. The Morgan fingerprint density at radius 2 is 1.28 bits per heavy atom. The van der Waals surface area contributed by atoms with E-state index in [1.54, 1.807) is 0 Å². The number of nitrogens with zero attached hydrogens (tertiary/aromatic N) is 4. The van der Waals surface area contributed by atoms with E-state index in [1.165, 1.54) is 67.9 Å². The maximum absolute atomic E-state index is 4.95. The molecular formula is C22H22N4S2Se. The van der Waals surface area contributed by atoms with Gasteiger partial charge in [-0.15, -0.1) is 0 Å². The van der Waals surface area contributed by atoms with Crippen LogP contribution in [0.4, 0.5) is 0 Å². The molecule has 6 rings (SSSR count). The molecule has 0 saturated carbocycles. The van der Waals surface area contributed by atoms with Crippen LogP contribution in [0.5, 0.6) is 0 Å². The third-order valence-corrected chi connectivity index (χ3v) is 8.95. The predicted octanol–water partition coefficient (Wildman–Crippen LogP) is 6.63. The zero-order valence-electron chi connectivity index (χ0n) is 16.6. The monoisotopic (exact) mass is 486 g/mol. The Bertz CT molecular complexity index is 1380. The molecular weight excluding hydrogens is 463 g/mol. The Labute approximate surface area is 183 Å². The van der Waals surface area contributed by atoms with Crippen molar-refractivity contribution in [1.82, 2.24) is 17.1 Å². The SMILES string of the molecule is CCCCn1c2ccsc2c2c3n[se]nc3c3c4sccc4n(CCCC)c3c21. The third-order valence-electron chi connectivity index (χ3n) is 6.00. The van der Waals surface area contributed by atoms with Crippen molar-refractivity contribution in [2.24, 2.45) is 0 Å². The van der Waals surface area contributed by atoms with E-state index >= 15 is 0 Å². The van der Waals surface area contributed by atoms with Gasteiger partial charge in [0.25, 0.3) is 0 Å². The van der Waals surface area contributed by atoms with E-state index in [0.29, 0.717) is 0 Å². The summed E-state index contributed by atoms with van der Waals surface area (Å²) < 4.78 is 17.8. The molecule has 7 heteroatoms. The summed E-state index contributed by atoms with van der Waals surface area (Å²) in [5, 5.41) is 7.16. The van der Waals surface area contributed by atoms with Crippen LogP contribution in [-0.2, 0) is 13.1 Å². The van der Waals surface area contributed by atoms with Gasteiger partial charge < -0.3 is 0 Å². The standard InChI is InChI=1S/C22H22N4S2Se/c1-3-5-9-25-13-7-11-27-21(13)15-17-18(24-29-23-17)16-20(19(15)25)26(10-6-4-2)14-8-12-28-22(14)16/h7-8,11-12H,3-6,9-10H2,1-2H3. The summed E-state index contributed by atoms with van der Waals surface area (Å²) in [5.74, 6) is 0. The quantitative estimate of drug-likeness (QED) is 0.248. The van der Waals surface area contributed by atoms with Gasteiger partial charge >= 0.3 is 184 Å². The number of thiophene rings is 2. The van der Waals surface area contributed by atoms with Crippen LogP contribution in [0.1, 0.15) is 39.5 Å². The van der Waals surface area contributed by atoms with Gasteiger partial charge in [-0.3, -0.25) is 0 Å². The molecule has 5 heterocycles. The van der Waals surface area contributed by atoms with E-state index in [1.807, 2.05) is 22.7 Å². The van der Waals surface area contributed by atoms with Crippen LogP contribution in [0.25, 0.3) is 53.3 Å². The van der Waals surface area contributed by atoms with E-state index in [-0.39, 0.29) is 15.0 Å². The first-order valence-electron chi connectivity index (χ1n) is 10.4. The normalized spacial score (nSPS) is 12.6. The second-order valence-corrected chi connectivity index (χ2v) is 10.6. The molecule has 6 aromatic rings. The van der Waals surface area contributed by atoms with Crippen molar-refractivity contribution in [3.63, 3.8) is 0 Å². The first-order chi connectivity index (χ1) is 14.3. The minimum atomic E-state index is -0.0340. The van der Waals surface area contributed by atoms with E-state index in [9.17, 15) is 0 Å². The number of unbranched alkanes of at least 4 members (excludes halogenated alkanes) is 2. The molecule has 0 bridgehead atoms. The van der Waals surface area contributed by atoms with Gasteiger partial charge in [0, 0.05) is 0 Å². The molecule has 5 aromatic heterocycles. The molecule has 0 spiro atoms. The summed E-state index contributed by atoms with van der Waals surface area (Å²) in [6.07, 6.45) is 4.80. The molecule has 0 aliphatic carbocycles. The van der Waals surface area contributed by atoms with Crippen molar-refractivity contribution in [3.05, 3.63) is 22.9 Å². The number of rotatable bonds is 6. The summed E-state index contributed by atoms with van der Waals surface area (Å²) in [7, 11) is 0. The van der Waals surface area contributed by atoms with E-state index in [2.05, 4.69) is 45.9 Å². The van der Waals surface area contributed by atoms with Crippen LogP contribution < -0.4 is 0 Å². The van der Waals surface area contributed by atoms with E-state index in [4.69, 9.17) is 7.96 Å². The van der Waals surface area contributed by atoms with Crippen molar-refractivity contribution < 1.29 is 0 Å². The molecule has 1 aromatic carbocycles. The van der Waals surface area contributed by atoms with Gasteiger partial charge in [0.1, 0.15) is 0 Å². The summed E-state index contributed by atoms with van der Waals surface area (Å²) >= 11 is 3.68. The van der Waals surface area contributed by atoms with Crippen LogP contribution in [0.15, 0.2) is 22.9 Å². The van der Waals surface area contributed by atoms with Crippen LogP contribution >= 0.6 is 22.7 Å². The Balaban J connectivity index is 1.90. The summed E-state index contributed by atoms with van der Waals surface area (Å²) in [6, 6.07) is 4.60.